The van der Waals surface area contributed by atoms with Crippen molar-refractivity contribution in [2.45, 2.75) is 33.6 Å². The van der Waals surface area contributed by atoms with E-state index < -0.39 is 0 Å². The van der Waals surface area contributed by atoms with Gasteiger partial charge in [0.15, 0.2) is 0 Å². The zero-order valence-electron chi connectivity index (χ0n) is 12.3. The van der Waals surface area contributed by atoms with Gasteiger partial charge in [-0.1, -0.05) is 20.8 Å². The van der Waals surface area contributed by atoms with Crippen molar-refractivity contribution >= 4 is 17.0 Å². The van der Waals surface area contributed by atoms with Gasteiger partial charge in [-0.15, -0.1) is 11.3 Å². The summed E-state index contributed by atoms with van der Waals surface area (Å²) in [6, 6.07) is 5.91. The van der Waals surface area contributed by atoms with Crippen LogP contribution in [0.2, 0.25) is 0 Å². The molecule has 0 aliphatic rings. The van der Waals surface area contributed by atoms with Crippen molar-refractivity contribution in [1.29, 1.82) is 0 Å². The van der Waals surface area contributed by atoms with Crippen LogP contribution < -0.4 is 10.5 Å². The summed E-state index contributed by atoms with van der Waals surface area (Å²) in [4.78, 5) is 4.64. The molecular formula is C16H22N2OS. The Labute approximate surface area is 124 Å². The number of hydrogen-bond donors (Lipinski definition) is 1. The van der Waals surface area contributed by atoms with Gasteiger partial charge in [0.2, 0.25) is 0 Å². The SMILES string of the molecule is CCCc1nc(-c2ccc(OCC(C)C)c(N)c2)cs1. The van der Waals surface area contributed by atoms with Gasteiger partial charge in [-0.05, 0) is 37.0 Å². The normalized spacial score (nSPS) is 11.0. The first-order chi connectivity index (χ1) is 9.60. The van der Waals surface area contributed by atoms with Crippen LogP contribution >= 0.6 is 11.3 Å². The Balaban J connectivity index is 2.14. The summed E-state index contributed by atoms with van der Waals surface area (Å²) >= 11 is 1.71. The fraction of sp³-hybridized carbons (Fsp3) is 0.438. The van der Waals surface area contributed by atoms with Crippen LogP contribution in [0.3, 0.4) is 0 Å². The minimum atomic E-state index is 0.490. The highest BCUT2D eigenvalue weighted by molar-refractivity contribution is 7.09. The predicted molar refractivity (Wildman–Crippen MR) is 86.3 cm³/mol. The molecule has 0 aliphatic heterocycles. The van der Waals surface area contributed by atoms with Gasteiger partial charge >= 0.3 is 0 Å². The minimum absolute atomic E-state index is 0.490. The fourth-order valence-electron chi connectivity index (χ4n) is 1.87. The third-order valence-corrected chi connectivity index (χ3v) is 3.80. The number of thiazole rings is 1. The molecule has 0 unspecified atom stereocenters. The fourth-order valence-corrected chi connectivity index (χ4v) is 2.78. The molecule has 0 radical (unpaired) electrons. The molecule has 0 spiro atoms. The molecule has 2 aromatic rings. The van der Waals surface area contributed by atoms with Gasteiger partial charge in [0.25, 0.3) is 0 Å². The third-order valence-electron chi connectivity index (χ3n) is 2.89. The van der Waals surface area contributed by atoms with Gasteiger partial charge < -0.3 is 10.5 Å². The molecule has 1 aromatic carbocycles. The Morgan fingerprint density at radius 1 is 1.35 bits per heavy atom. The Morgan fingerprint density at radius 3 is 2.80 bits per heavy atom. The van der Waals surface area contributed by atoms with E-state index in [2.05, 4.69) is 31.1 Å². The number of aromatic nitrogens is 1. The second-order valence-corrected chi connectivity index (χ2v) is 6.28. The largest absolute Gasteiger partial charge is 0.491 e. The highest BCUT2D eigenvalue weighted by atomic mass is 32.1. The molecule has 20 heavy (non-hydrogen) atoms. The van der Waals surface area contributed by atoms with Crippen LogP contribution in [0.15, 0.2) is 23.6 Å². The van der Waals surface area contributed by atoms with Gasteiger partial charge in [0.05, 0.1) is 23.0 Å². The minimum Gasteiger partial charge on any atom is -0.491 e. The predicted octanol–water partition coefficient (Wildman–Crippen LogP) is 4.38. The van der Waals surface area contributed by atoms with Crippen molar-refractivity contribution in [1.82, 2.24) is 4.98 Å². The molecule has 0 atom stereocenters. The summed E-state index contributed by atoms with van der Waals surface area (Å²) in [6.45, 7) is 7.09. The lowest BCUT2D eigenvalue weighted by Crippen LogP contribution is -2.06. The van der Waals surface area contributed by atoms with Crippen molar-refractivity contribution in [3.05, 3.63) is 28.6 Å². The average Bonchev–Trinajstić information content (AvgIpc) is 2.86. The Hall–Kier alpha value is -1.55. The summed E-state index contributed by atoms with van der Waals surface area (Å²) < 4.78 is 5.69. The maximum atomic E-state index is 6.06. The average molecular weight is 290 g/mol. The summed E-state index contributed by atoms with van der Waals surface area (Å²) in [5.74, 6) is 1.25. The lowest BCUT2D eigenvalue weighted by Gasteiger charge is -2.11. The number of rotatable bonds is 6. The maximum Gasteiger partial charge on any atom is 0.142 e. The third kappa shape index (κ3) is 3.73. The number of hydrogen-bond acceptors (Lipinski definition) is 4. The highest BCUT2D eigenvalue weighted by Crippen LogP contribution is 2.29. The van der Waals surface area contributed by atoms with Gasteiger partial charge in [-0.3, -0.25) is 0 Å². The quantitative estimate of drug-likeness (QED) is 0.803. The Morgan fingerprint density at radius 2 is 2.15 bits per heavy atom. The van der Waals surface area contributed by atoms with Crippen LogP contribution in [0, 0.1) is 5.92 Å². The van der Waals surface area contributed by atoms with Crippen molar-refractivity contribution in [2.24, 2.45) is 5.92 Å². The van der Waals surface area contributed by atoms with Crippen molar-refractivity contribution in [2.75, 3.05) is 12.3 Å². The van der Waals surface area contributed by atoms with E-state index in [4.69, 9.17) is 10.5 Å². The topological polar surface area (TPSA) is 48.1 Å². The molecule has 0 aliphatic carbocycles. The van der Waals surface area contributed by atoms with Crippen LogP contribution in [0.5, 0.6) is 5.75 Å². The number of anilines is 1. The molecular weight excluding hydrogens is 268 g/mol. The summed E-state index contributed by atoms with van der Waals surface area (Å²) in [7, 11) is 0. The van der Waals surface area contributed by atoms with E-state index in [1.165, 1.54) is 5.01 Å². The van der Waals surface area contributed by atoms with Gasteiger partial charge in [-0.25, -0.2) is 4.98 Å². The molecule has 0 saturated heterocycles. The monoisotopic (exact) mass is 290 g/mol. The van der Waals surface area contributed by atoms with E-state index in [1.54, 1.807) is 11.3 Å². The lowest BCUT2D eigenvalue weighted by atomic mass is 10.1. The van der Waals surface area contributed by atoms with E-state index in [-0.39, 0.29) is 0 Å². The van der Waals surface area contributed by atoms with E-state index in [9.17, 15) is 0 Å². The van der Waals surface area contributed by atoms with Gasteiger partial charge in [0.1, 0.15) is 5.75 Å². The first kappa shape index (κ1) is 14.9. The smallest absolute Gasteiger partial charge is 0.142 e. The van der Waals surface area contributed by atoms with Crippen molar-refractivity contribution in [3.63, 3.8) is 0 Å². The second-order valence-electron chi connectivity index (χ2n) is 5.33. The summed E-state index contributed by atoms with van der Waals surface area (Å²) in [6.07, 6.45) is 2.16. The number of ether oxygens (including phenoxy) is 1. The highest BCUT2D eigenvalue weighted by Gasteiger charge is 2.08. The van der Waals surface area contributed by atoms with E-state index >= 15 is 0 Å². The van der Waals surface area contributed by atoms with Gasteiger partial charge in [0, 0.05) is 10.9 Å². The molecule has 0 fully saturated rings. The summed E-state index contributed by atoms with van der Waals surface area (Å²) in [5.41, 5.74) is 8.79. The number of benzene rings is 1. The van der Waals surface area contributed by atoms with E-state index in [1.807, 2.05) is 18.2 Å². The molecule has 0 saturated carbocycles. The zero-order valence-corrected chi connectivity index (χ0v) is 13.2. The molecule has 2 rings (SSSR count). The molecule has 2 N–H and O–H groups in total. The standard InChI is InChI=1S/C16H22N2OS/c1-4-5-16-18-14(10-20-16)12-6-7-15(13(17)8-12)19-9-11(2)3/h6-8,10-11H,4-5,9,17H2,1-3H3. The second kappa shape index (κ2) is 6.75. The van der Waals surface area contributed by atoms with E-state index in [0.29, 0.717) is 18.2 Å². The van der Waals surface area contributed by atoms with Crippen molar-refractivity contribution in [3.8, 4) is 17.0 Å². The number of nitrogens with two attached hydrogens (primary N) is 1. The molecule has 4 heteroatoms. The Bertz CT molecular complexity index is 563. The molecule has 0 bridgehead atoms. The molecule has 1 aromatic heterocycles. The summed E-state index contributed by atoms with van der Waals surface area (Å²) in [5, 5.41) is 3.27. The molecule has 0 amide bonds. The first-order valence-electron chi connectivity index (χ1n) is 7.07. The lowest BCUT2D eigenvalue weighted by molar-refractivity contribution is 0.272. The molecule has 1 heterocycles. The number of nitrogens with zero attached hydrogens (tertiary/aromatic N) is 1. The van der Waals surface area contributed by atoms with Crippen LogP contribution in [-0.4, -0.2) is 11.6 Å². The van der Waals surface area contributed by atoms with Crippen LogP contribution in [0.1, 0.15) is 32.2 Å². The zero-order chi connectivity index (χ0) is 14.5. The molecule has 108 valence electrons. The Kier molecular flexibility index (Phi) is 5.01. The first-order valence-corrected chi connectivity index (χ1v) is 7.95. The maximum absolute atomic E-state index is 6.06. The van der Waals surface area contributed by atoms with E-state index in [0.717, 1.165) is 29.8 Å². The van der Waals surface area contributed by atoms with Crippen molar-refractivity contribution < 1.29 is 4.74 Å². The van der Waals surface area contributed by atoms with Crippen LogP contribution in [0.25, 0.3) is 11.3 Å². The van der Waals surface area contributed by atoms with Crippen LogP contribution in [-0.2, 0) is 6.42 Å². The molecule has 3 nitrogen and oxygen atoms in total. The number of nitrogen functional groups attached to an aromatic ring is 1. The van der Waals surface area contributed by atoms with Crippen LogP contribution in [0.4, 0.5) is 5.69 Å². The van der Waals surface area contributed by atoms with Gasteiger partial charge in [-0.2, -0.15) is 0 Å². The number of aryl methyl sites for hydroxylation is 1.